The molecule has 32 heavy (non-hydrogen) atoms. The lowest BCUT2D eigenvalue weighted by Crippen LogP contribution is -2.41. The van der Waals surface area contributed by atoms with Crippen molar-refractivity contribution in [2.45, 2.75) is 37.1 Å². The van der Waals surface area contributed by atoms with Gasteiger partial charge < -0.3 is 10.0 Å². The molecular weight excluding hydrogens is 436 g/mol. The van der Waals surface area contributed by atoms with Crippen molar-refractivity contribution in [2.75, 3.05) is 11.4 Å². The molecule has 2 aromatic carbocycles. The van der Waals surface area contributed by atoms with Crippen LogP contribution in [0.5, 0.6) is 0 Å². The maximum Gasteiger partial charge on any atom is 0.266 e. The monoisotopic (exact) mass is 456 g/mol. The fraction of sp³-hybridized carbons (Fsp3) is 0.231. The zero-order valence-corrected chi connectivity index (χ0v) is 19.0. The number of Topliss-reactive ketones (excluding diaryl/α,β-unsaturated/α-hetero) is 1. The Morgan fingerprint density at radius 1 is 0.938 bits per heavy atom. The van der Waals surface area contributed by atoms with Crippen molar-refractivity contribution < 1.29 is 14.5 Å². The first kappa shape index (κ1) is 18.7. The third kappa shape index (κ3) is 2.45. The molecule has 0 saturated carbocycles. The van der Waals surface area contributed by atoms with Gasteiger partial charge in [0.05, 0.1) is 10.7 Å². The molecule has 0 N–H and O–H groups in total. The lowest BCUT2D eigenvalue weighted by molar-refractivity contribution is -0.672. The van der Waals surface area contributed by atoms with E-state index in [-0.39, 0.29) is 11.5 Å². The molecule has 0 unspecified atom stereocenters. The average molecular weight is 457 g/mol. The van der Waals surface area contributed by atoms with Gasteiger partial charge in [-0.2, -0.15) is 4.57 Å². The van der Waals surface area contributed by atoms with Crippen LogP contribution in [-0.2, 0) is 11.3 Å². The van der Waals surface area contributed by atoms with Crippen LogP contribution in [0.4, 0.5) is 5.69 Å². The second-order valence-corrected chi connectivity index (χ2v) is 10.7. The minimum atomic E-state index is -0.0446. The number of thiazole rings is 1. The van der Waals surface area contributed by atoms with E-state index in [4.69, 9.17) is 0 Å². The van der Waals surface area contributed by atoms with E-state index in [0.717, 1.165) is 60.0 Å². The molecule has 0 saturated heterocycles. The Labute approximate surface area is 194 Å². The van der Waals surface area contributed by atoms with E-state index in [1.165, 1.54) is 20.8 Å². The number of rotatable bonds is 1. The largest absolute Gasteiger partial charge is 0.871 e. The lowest BCUT2D eigenvalue weighted by atomic mass is 9.78. The highest BCUT2D eigenvalue weighted by molar-refractivity contribution is 8.03. The van der Waals surface area contributed by atoms with Gasteiger partial charge in [0.1, 0.15) is 4.70 Å². The van der Waals surface area contributed by atoms with Crippen LogP contribution in [0.1, 0.15) is 30.7 Å². The minimum Gasteiger partial charge on any atom is -0.871 e. The average Bonchev–Trinajstić information content (AvgIpc) is 3.39. The smallest absolute Gasteiger partial charge is 0.266 e. The number of hydrogen-bond donors (Lipinski definition) is 0. The predicted molar refractivity (Wildman–Crippen MR) is 126 cm³/mol. The molecule has 3 aromatic rings. The molecule has 0 amide bonds. The topological polar surface area (TPSA) is 47.3 Å². The minimum absolute atomic E-state index is 0.0446. The number of carbonyl (C=O) groups excluding carboxylic acids is 1. The summed E-state index contributed by atoms with van der Waals surface area (Å²) in [7, 11) is 0. The highest BCUT2D eigenvalue weighted by Gasteiger charge is 2.41. The molecule has 3 aliphatic heterocycles. The Hall–Kier alpha value is -2.83. The highest BCUT2D eigenvalue weighted by atomic mass is 32.2. The van der Waals surface area contributed by atoms with Crippen molar-refractivity contribution in [2.24, 2.45) is 0 Å². The number of allylic oxidation sites excluding steroid dienone is 4. The number of aromatic nitrogens is 1. The van der Waals surface area contributed by atoms with Gasteiger partial charge in [0.25, 0.3) is 5.01 Å². The first-order valence-corrected chi connectivity index (χ1v) is 12.7. The SMILES string of the molecule is O=C1C(C2=C3Sc4ccccc4N3CCC2)=C([O-])/C1=C1/CCC[n+]2c1sc1ccccc12. The summed E-state index contributed by atoms with van der Waals surface area (Å²) in [6.07, 6.45) is 3.51. The molecule has 0 radical (unpaired) electrons. The predicted octanol–water partition coefficient (Wildman–Crippen LogP) is 4.55. The highest BCUT2D eigenvalue weighted by Crippen LogP contribution is 2.53. The van der Waals surface area contributed by atoms with E-state index in [9.17, 15) is 9.90 Å². The molecular formula is C26H20N2O2S2. The van der Waals surface area contributed by atoms with Gasteiger partial charge in [-0.1, -0.05) is 53.1 Å². The molecule has 4 nitrogen and oxygen atoms in total. The van der Waals surface area contributed by atoms with Crippen molar-refractivity contribution in [3.8, 4) is 0 Å². The molecule has 0 spiro atoms. The second kappa shape index (κ2) is 6.83. The molecule has 0 bridgehead atoms. The van der Waals surface area contributed by atoms with Gasteiger partial charge in [-0.05, 0) is 43.0 Å². The lowest BCUT2D eigenvalue weighted by Gasteiger charge is -2.37. The number of ketones is 1. The van der Waals surface area contributed by atoms with Gasteiger partial charge >= 0.3 is 0 Å². The van der Waals surface area contributed by atoms with Crippen LogP contribution in [0, 0.1) is 0 Å². The molecule has 0 atom stereocenters. The van der Waals surface area contributed by atoms with E-state index in [1.54, 1.807) is 23.1 Å². The number of anilines is 1. The summed E-state index contributed by atoms with van der Waals surface area (Å²) in [5.74, 6) is -0.0892. The van der Waals surface area contributed by atoms with Gasteiger partial charge in [0.15, 0.2) is 12.3 Å². The quantitative estimate of drug-likeness (QED) is 0.398. The van der Waals surface area contributed by atoms with Crippen LogP contribution in [0.15, 0.2) is 80.9 Å². The zero-order chi connectivity index (χ0) is 21.4. The Balaban J connectivity index is 1.37. The Morgan fingerprint density at radius 2 is 1.75 bits per heavy atom. The van der Waals surface area contributed by atoms with Gasteiger partial charge in [0, 0.05) is 40.6 Å². The fourth-order valence-electron chi connectivity index (χ4n) is 5.41. The van der Waals surface area contributed by atoms with Gasteiger partial charge in [0.2, 0.25) is 5.52 Å². The fourth-order valence-corrected chi connectivity index (χ4v) is 7.94. The number of benzene rings is 2. The molecule has 158 valence electrons. The summed E-state index contributed by atoms with van der Waals surface area (Å²) >= 11 is 3.40. The number of carbonyl (C=O) groups is 1. The van der Waals surface area contributed by atoms with Crippen LogP contribution in [0.25, 0.3) is 15.8 Å². The Kier molecular flexibility index (Phi) is 4.00. The third-order valence-corrected chi connectivity index (χ3v) is 9.31. The van der Waals surface area contributed by atoms with Crippen LogP contribution in [0.2, 0.25) is 0 Å². The summed E-state index contributed by atoms with van der Waals surface area (Å²) < 4.78 is 3.50. The second-order valence-electron chi connectivity index (χ2n) is 8.63. The number of hydrogen-bond acceptors (Lipinski definition) is 5. The van der Waals surface area contributed by atoms with Crippen LogP contribution < -0.4 is 14.6 Å². The van der Waals surface area contributed by atoms with Crippen molar-refractivity contribution in [1.82, 2.24) is 0 Å². The van der Waals surface area contributed by atoms with Crippen molar-refractivity contribution in [1.29, 1.82) is 0 Å². The standard InChI is InChI=1S/C26H20N2O2S2/c29-23-21(15-7-5-13-27-17-9-1-3-11-19(17)31-25(15)27)24(30)22(23)16-8-6-14-28-18-10-2-4-12-20(18)32-26(16)28/h1-4,9-12H,5-8,13-14H2. The van der Waals surface area contributed by atoms with Gasteiger partial charge in [-0.25, -0.2) is 0 Å². The summed E-state index contributed by atoms with van der Waals surface area (Å²) in [6.45, 7) is 1.88. The van der Waals surface area contributed by atoms with Crippen molar-refractivity contribution in [3.63, 3.8) is 0 Å². The van der Waals surface area contributed by atoms with E-state index >= 15 is 0 Å². The first-order chi connectivity index (χ1) is 15.7. The van der Waals surface area contributed by atoms with E-state index in [2.05, 4.69) is 45.9 Å². The van der Waals surface area contributed by atoms with E-state index in [1.807, 2.05) is 12.1 Å². The molecule has 1 aromatic heterocycles. The summed E-state index contributed by atoms with van der Waals surface area (Å²) in [5, 5.41) is 15.6. The van der Waals surface area contributed by atoms with Gasteiger partial charge in [-0.15, -0.1) is 0 Å². The van der Waals surface area contributed by atoms with Crippen LogP contribution in [0.3, 0.4) is 0 Å². The van der Waals surface area contributed by atoms with Crippen LogP contribution >= 0.6 is 23.1 Å². The van der Waals surface area contributed by atoms with Crippen LogP contribution in [-0.4, -0.2) is 12.3 Å². The number of para-hydroxylation sites is 2. The molecule has 7 rings (SSSR count). The Morgan fingerprint density at radius 3 is 2.66 bits per heavy atom. The van der Waals surface area contributed by atoms with Crippen molar-refractivity contribution in [3.05, 3.63) is 81.0 Å². The van der Waals surface area contributed by atoms with E-state index < -0.39 is 0 Å². The van der Waals surface area contributed by atoms with Gasteiger partial charge in [-0.3, -0.25) is 4.79 Å². The third-order valence-electron chi connectivity index (χ3n) is 6.86. The first-order valence-electron chi connectivity index (χ1n) is 11.1. The summed E-state index contributed by atoms with van der Waals surface area (Å²) in [4.78, 5) is 17.0. The number of aryl methyl sites for hydroxylation is 1. The molecule has 0 fully saturated rings. The maximum atomic E-state index is 13.5. The normalized spacial score (nSPS) is 22.2. The summed E-state index contributed by atoms with van der Waals surface area (Å²) in [6, 6.07) is 16.7. The molecule has 4 heterocycles. The number of thioether (sulfide) groups is 1. The molecule has 4 aliphatic rings. The molecule has 1 aliphatic carbocycles. The van der Waals surface area contributed by atoms with Crippen molar-refractivity contribution >= 4 is 50.4 Å². The summed E-state index contributed by atoms with van der Waals surface area (Å²) in [5.41, 5.74) is 5.17. The maximum absolute atomic E-state index is 13.5. The number of nitrogens with zero attached hydrogens (tertiary/aromatic N) is 2. The van der Waals surface area contributed by atoms with E-state index in [0.29, 0.717) is 11.1 Å². The molecule has 6 heteroatoms. The zero-order valence-electron chi connectivity index (χ0n) is 17.4. The Bertz CT molecular complexity index is 1440. The number of fused-ring (bicyclic) bond motifs is 6.